The summed E-state index contributed by atoms with van der Waals surface area (Å²) in [6.07, 6.45) is 0. The number of hydrogen-bond donors (Lipinski definition) is 2. The highest BCUT2D eigenvalue weighted by Gasteiger charge is 2.23. The quantitative estimate of drug-likeness (QED) is 0.636. The molecule has 0 saturated carbocycles. The van der Waals surface area contributed by atoms with Crippen molar-refractivity contribution in [1.82, 2.24) is 4.98 Å². The second kappa shape index (κ2) is 5.87. The van der Waals surface area contributed by atoms with Crippen molar-refractivity contribution in [2.45, 2.75) is 6.61 Å². The van der Waals surface area contributed by atoms with Crippen molar-refractivity contribution in [2.75, 3.05) is 0 Å². The normalized spacial score (nSPS) is 10.1. The lowest BCUT2D eigenvalue weighted by atomic mass is 10.2. The Bertz CT molecular complexity index is 738. The summed E-state index contributed by atoms with van der Waals surface area (Å²) in [5, 5.41) is 19.7. The van der Waals surface area contributed by atoms with Crippen molar-refractivity contribution in [3.63, 3.8) is 0 Å². The number of nitrogens with zero attached hydrogens (tertiary/aromatic N) is 1. The topological polar surface area (TPSA) is 123 Å². The third-order valence-corrected chi connectivity index (χ3v) is 2.63. The largest absolute Gasteiger partial charge is 0.483 e. The fourth-order valence-electron chi connectivity index (χ4n) is 1.65. The minimum Gasteiger partial charge on any atom is -0.483 e. The molecular weight excluding hydrogens is 280 g/mol. The van der Waals surface area contributed by atoms with Gasteiger partial charge in [-0.3, -0.25) is 14.9 Å². The van der Waals surface area contributed by atoms with E-state index in [1.807, 2.05) is 11.1 Å². The van der Waals surface area contributed by atoms with Gasteiger partial charge in [-0.1, -0.05) is 30.3 Å². The minimum absolute atomic E-state index is 0.0352. The molecule has 1 heterocycles. The van der Waals surface area contributed by atoms with Crippen LogP contribution in [0, 0.1) is 10.1 Å². The second-order valence-electron chi connectivity index (χ2n) is 4.06. The predicted octanol–water partition coefficient (Wildman–Crippen LogP) is 1.56. The summed E-state index contributed by atoms with van der Waals surface area (Å²) in [5.41, 5.74) is -1.59. The Morgan fingerprint density at radius 2 is 2.00 bits per heavy atom. The SMILES string of the molecule is O=C(O)c1[nH]c(=O)c(OCc2ccccc2)cc1[N+](=O)[O-]. The molecule has 0 aliphatic carbocycles. The van der Waals surface area contributed by atoms with E-state index in [2.05, 4.69) is 0 Å². The number of benzene rings is 1. The van der Waals surface area contributed by atoms with Crippen LogP contribution < -0.4 is 10.3 Å². The molecule has 8 heteroatoms. The molecule has 0 aliphatic rings. The number of carboxylic acids is 1. The van der Waals surface area contributed by atoms with Crippen LogP contribution in [-0.4, -0.2) is 21.0 Å². The lowest BCUT2D eigenvalue weighted by molar-refractivity contribution is -0.385. The molecule has 108 valence electrons. The van der Waals surface area contributed by atoms with Crippen molar-refractivity contribution in [3.05, 3.63) is 68.1 Å². The van der Waals surface area contributed by atoms with Gasteiger partial charge in [-0.15, -0.1) is 0 Å². The zero-order chi connectivity index (χ0) is 15.4. The van der Waals surface area contributed by atoms with Crippen LogP contribution >= 0.6 is 0 Å². The van der Waals surface area contributed by atoms with Crippen LogP contribution in [0.2, 0.25) is 0 Å². The Hall–Kier alpha value is -3.16. The molecule has 1 aromatic heterocycles. The molecule has 0 amide bonds. The van der Waals surface area contributed by atoms with E-state index >= 15 is 0 Å². The molecule has 0 unspecified atom stereocenters. The number of aromatic amines is 1. The number of aromatic carboxylic acids is 1. The molecule has 0 saturated heterocycles. The van der Waals surface area contributed by atoms with Gasteiger partial charge in [-0.25, -0.2) is 4.79 Å². The van der Waals surface area contributed by atoms with Gasteiger partial charge >= 0.3 is 11.7 Å². The summed E-state index contributed by atoms with van der Waals surface area (Å²) in [6.45, 7) is 0.0352. The summed E-state index contributed by atoms with van der Waals surface area (Å²) in [7, 11) is 0. The van der Waals surface area contributed by atoms with E-state index in [-0.39, 0.29) is 12.4 Å². The zero-order valence-corrected chi connectivity index (χ0v) is 10.6. The molecule has 21 heavy (non-hydrogen) atoms. The van der Waals surface area contributed by atoms with Crippen LogP contribution in [-0.2, 0) is 6.61 Å². The fourth-order valence-corrected chi connectivity index (χ4v) is 1.65. The summed E-state index contributed by atoms with van der Waals surface area (Å²) in [6, 6.07) is 9.69. The maximum Gasteiger partial charge on any atom is 0.359 e. The fraction of sp³-hybridized carbons (Fsp3) is 0.0769. The highest BCUT2D eigenvalue weighted by atomic mass is 16.6. The zero-order valence-electron chi connectivity index (χ0n) is 10.6. The second-order valence-corrected chi connectivity index (χ2v) is 4.06. The molecule has 0 fully saturated rings. The summed E-state index contributed by atoms with van der Waals surface area (Å²) < 4.78 is 5.21. The minimum atomic E-state index is -1.59. The smallest absolute Gasteiger partial charge is 0.359 e. The molecule has 0 radical (unpaired) electrons. The van der Waals surface area contributed by atoms with Gasteiger partial charge in [0, 0.05) is 0 Å². The van der Waals surface area contributed by atoms with Crippen LogP contribution in [0.4, 0.5) is 5.69 Å². The number of hydrogen-bond acceptors (Lipinski definition) is 5. The van der Waals surface area contributed by atoms with Crippen molar-refractivity contribution in [1.29, 1.82) is 0 Å². The maximum absolute atomic E-state index is 11.7. The Morgan fingerprint density at radius 1 is 1.33 bits per heavy atom. The number of rotatable bonds is 5. The van der Waals surface area contributed by atoms with Crippen LogP contribution in [0.1, 0.15) is 16.1 Å². The number of H-pyrrole nitrogens is 1. The highest BCUT2D eigenvalue weighted by Crippen LogP contribution is 2.20. The van der Waals surface area contributed by atoms with E-state index < -0.39 is 27.8 Å². The van der Waals surface area contributed by atoms with Gasteiger partial charge in [-0.2, -0.15) is 0 Å². The highest BCUT2D eigenvalue weighted by molar-refractivity contribution is 5.90. The molecule has 1 aromatic carbocycles. The van der Waals surface area contributed by atoms with E-state index in [1.54, 1.807) is 24.3 Å². The van der Waals surface area contributed by atoms with Gasteiger partial charge in [-0.05, 0) is 5.56 Å². The van der Waals surface area contributed by atoms with E-state index in [0.29, 0.717) is 0 Å². The summed E-state index contributed by atoms with van der Waals surface area (Å²) in [5.74, 6) is -1.90. The first-order chi connectivity index (χ1) is 9.99. The number of carbonyl (C=O) groups is 1. The van der Waals surface area contributed by atoms with Gasteiger partial charge in [0.2, 0.25) is 5.69 Å². The van der Waals surface area contributed by atoms with Gasteiger partial charge in [0.15, 0.2) is 5.75 Å². The van der Waals surface area contributed by atoms with Crippen LogP contribution in [0.15, 0.2) is 41.2 Å². The Kier molecular flexibility index (Phi) is 3.98. The third kappa shape index (κ3) is 3.24. The van der Waals surface area contributed by atoms with Gasteiger partial charge < -0.3 is 14.8 Å². The lowest BCUT2D eigenvalue weighted by Crippen LogP contribution is -2.17. The molecule has 0 bridgehead atoms. The molecule has 2 aromatic rings. The van der Waals surface area contributed by atoms with Crippen molar-refractivity contribution in [3.8, 4) is 5.75 Å². The van der Waals surface area contributed by atoms with E-state index in [9.17, 15) is 19.7 Å². The molecule has 0 aliphatic heterocycles. The van der Waals surface area contributed by atoms with Crippen molar-refractivity contribution in [2.24, 2.45) is 0 Å². The van der Waals surface area contributed by atoms with E-state index in [4.69, 9.17) is 9.84 Å². The number of aromatic nitrogens is 1. The van der Waals surface area contributed by atoms with Crippen molar-refractivity contribution < 1.29 is 19.6 Å². The van der Waals surface area contributed by atoms with E-state index in [1.165, 1.54) is 0 Å². The Morgan fingerprint density at radius 3 is 2.57 bits per heavy atom. The number of pyridine rings is 1. The van der Waals surface area contributed by atoms with Crippen LogP contribution in [0.25, 0.3) is 0 Å². The molecule has 2 N–H and O–H groups in total. The van der Waals surface area contributed by atoms with Crippen LogP contribution in [0.5, 0.6) is 5.75 Å². The number of nitro groups is 1. The maximum atomic E-state index is 11.7. The summed E-state index contributed by atoms with van der Waals surface area (Å²) in [4.78, 5) is 34.4. The molecule has 0 atom stereocenters. The number of ether oxygens (including phenoxy) is 1. The average molecular weight is 290 g/mol. The van der Waals surface area contributed by atoms with Gasteiger partial charge in [0.25, 0.3) is 5.56 Å². The van der Waals surface area contributed by atoms with Crippen LogP contribution in [0.3, 0.4) is 0 Å². The molecule has 2 rings (SSSR count). The number of carboxylic acid groups (broad SMARTS) is 1. The average Bonchev–Trinajstić information content (AvgIpc) is 2.46. The van der Waals surface area contributed by atoms with E-state index in [0.717, 1.165) is 11.6 Å². The lowest BCUT2D eigenvalue weighted by Gasteiger charge is -2.06. The first-order valence-electron chi connectivity index (χ1n) is 5.80. The van der Waals surface area contributed by atoms with Crippen molar-refractivity contribution >= 4 is 11.7 Å². The Balaban J connectivity index is 2.32. The monoisotopic (exact) mass is 290 g/mol. The first kappa shape index (κ1) is 14.3. The predicted molar refractivity (Wildman–Crippen MR) is 71.5 cm³/mol. The van der Waals surface area contributed by atoms with Gasteiger partial charge in [0.05, 0.1) is 11.0 Å². The Labute approximate surface area is 117 Å². The first-order valence-corrected chi connectivity index (χ1v) is 5.80. The standard InChI is InChI=1S/C13H10N2O6/c16-12-10(21-7-8-4-2-1-3-5-8)6-9(15(19)20)11(14-12)13(17)18/h1-6H,7H2,(H,14,16)(H,17,18). The van der Waals surface area contributed by atoms with Gasteiger partial charge in [0.1, 0.15) is 6.61 Å². The summed E-state index contributed by atoms with van der Waals surface area (Å²) >= 11 is 0. The molecule has 0 spiro atoms. The number of nitrogens with one attached hydrogen (secondary N) is 1. The molecular formula is C13H10N2O6. The molecule has 8 nitrogen and oxygen atoms in total. The third-order valence-electron chi connectivity index (χ3n) is 2.63.